The summed E-state index contributed by atoms with van der Waals surface area (Å²) in [7, 11) is 1.31. The van der Waals surface area contributed by atoms with Gasteiger partial charge in [0.1, 0.15) is 36.3 Å². The van der Waals surface area contributed by atoms with Gasteiger partial charge in [0.2, 0.25) is 5.79 Å². The van der Waals surface area contributed by atoms with Gasteiger partial charge in [-0.3, -0.25) is 0 Å². The van der Waals surface area contributed by atoms with Crippen molar-refractivity contribution in [2.45, 2.75) is 49.8 Å². The second-order valence-corrected chi connectivity index (χ2v) is 9.46. The van der Waals surface area contributed by atoms with E-state index in [9.17, 15) is 20.4 Å². The first kappa shape index (κ1) is 28.5. The summed E-state index contributed by atoms with van der Waals surface area (Å²) in [5.74, 6) is -1.16. The van der Waals surface area contributed by atoms with Gasteiger partial charge < -0.3 is 39.4 Å². The molecule has 6 atom stereocenters. The third-order valence-corrected chi connectivity index (χ3v) is 7.03. The first-order chi connectivity index (χ1) is 18.3. The lowest BCUT2D eigenvalue weighted by Gasteiger charge is -2.47. The van der Waals surface area contributed by atoms with E-state index < -0.39 is 42.9 Å². The maximum Gasteiger partial charge on any atom is 0.224 e. The van der Waals surface area contributed by atoms with Crippen LogP contribution in [0, 0.1) is 0 Å². The van der Waals surface area contributed by atoms with Crippen molar-refractivity contribution in [2.75, 3.05) is 20.3 Å². The Hall–Kier alpha value is -2.53. The fraction of sp³-hybridized carbons (Fsp3) is 0.379. The van der Waals surface area contributed by atoms with Crippen LogP contribution in [0.1, 0.15) is 35.3 Å². The molecule has 3 aromatic rings. The van der Waals surface area contributed by atoms with E-state index in [1.165, 1.54) is 7.11 Å². The summed E-state index contributed by atoms with van der Waals surface area (Å²) in [5, 5.41) is 41.9. The normalized spacial score (nSPS) is 26.2. The summed E-state index contributed by atoms with van der Waals surface area (Å²) in [5.41, 5.74) is 2.68. The molecule has 0 saturated carbocycles. The Bertz CT molecular complexity index is 1170. The Morgan fingerprint density at radius 2 is 1.68 bits per heavy atom. The number of aliphatic hydroxyl groups excluding tert-OH is 4. The molecule has 2 unspecified atom stereocenters. The average molecular weight is 545 g/mol. The zero-order chi connectivity index (χ0) is 27.3. The molecule has 1 fully saturated rings. The molecule has 38 heavy (non-hydrogen) atoms. The fourth-order valence-corrected chi connectivity index (χ4v) is 4.87. The van der Waals surface area contributed by atoms with Gasteiger partial charge in [-0.05, 0) is 42.3 Å². The van der Waals surface area contributed by atoms with Gasteiger partial charge in [0.15, 0.2) is 0 Å². The van der Waals surface area contributed by atoms with Crippen LogP contribution >= 0.6 is 11.6 Å². The van der Waals surface area contributed by atoms with Gasteiger partial charge in [-0.25, -0.2) is 0 Å². The van der Waals surface area contributed by atoms with Crippen molar-refractivity contribution in [3.63, 3.8) is 0 Å². The smallest absolute Gasteiger partial charge is 0.224 e. The molecule has 4 rings (SSSR count). The van der Waals surface area contributed by atoms with Gasteiger partial charge >= 0.3 is 0 Å². The number of halogens is 1. The molecule has 0 spiro atoms. The predicted octanol–water partition coefficient (Wildman–Crippen LogP) is 3.32. The number of benzene rings is 3. The molecule has 1 saturated heterocycles. The Morgan fingerprint density at radius 3 is 2.32 bits per heavy atom. The number of hydrogen-bond acceptors (Lipinski definition) is 8. The quantitative estimate of drug-likeness (QED) is 0.307. The second-order valence-electron chi connectivity index (χ2n) is 9.05. The summed E-state index contributed by atoms with van der Waals surface area (Å²) < 4.78 is 23.5. The van der Waals surface area contributed by atoms with E-state index in [-0.39, 0.29) is 0 Å². The highest BCUT2D eigenvalue weighted by molar-refractivity contribution is 6.31. The maximum atomic E-state index is 11.0. The minimum Gasteiger partial charge on any atom is -0.494 e. The lowest BCUT2D eigenvalue weighted by molar-refractivity contribution is -0.366. The Balaban J connectivity index is 1.77. The highest BCUT2D eigenvalue weighted by Crippen LogP contribution is 2.42. The standard InChI is InChI=1S/C29H33ClO8/c1-3-36-21-12-9-19(10-13-21)27(37-17-18-7-5-4-6-8-18)22-15-20(11-14-23(22)30)29(35-2)28(34)26(33)25(32)24(16-31)38-29/h4-15,24-28,31-34H,3,16-17H2,1-2H3/t24-,25-,26+,27?,28-,29?/m1/s1. The van der Waals surface area contributed by atoms with Crippen LogP contribution in [0.3, 0.4) is 0 Å². The molecule has 1 heterocycles. The third-order valence-electron chi connectivity index (χ3n) is 6.69. The Morgan fingerprint density at radius 1 is 0.974 bits per heavy atom. The molecule has 1 aliphatic heterocycles. The molecule has 9 heteroatoms. The largest absolute Gasteiger partial charge is 0.494 e. The fourth-order valence-electron chi connectivity index (χ4n) is 4.65. The van der Waals surface area contributed by atoms with Gasteiger partial charge in [-0.1, -0.05) is 60.1 Å². The maximum absolute atomic E-state index is 11.0. The summed E-state index contributed by atoms with van der Waals surface area (Å²) in [4.78, 5) is 0. The molecule has 4 N–H and O–H groups in total. The van der Waals surface area contributed by atoms with E-state index in [4.69, 9.17) is 30.5 Å². The average Bonchev–Trinajstić information content (AvgIpc) is 2.95. The summed E-state index contributed by atoms with van der Waals surface area (Å²) in [6, 6.07) is 22.1. The van der Waals surface area contributed by atoms with Crippen LogP contribution in [0.25, 0.3) is 0 Å². The number of aliphatic hydroxyl groups is 4. The Labute approximate surface area is 226 Å². The van der Waals surface area contributed by atoms with Crippen molar-refractivity contribution < 1.29 is 39.4 Å². The topological polar surface area (TPSA) is 118 Å². The van der Waals surface area contributed by atoms with E-state index in [1.54, 1.807) is 18.2 Å². The van der Waals surface area contributed by atoms with E-state index in [1.807, 2.05) is 61.5 Å². The molecule has 0 amide bonds. The first-order valence-corrected chi connectivity index (χ1v) is 12.8. The minimum atomic E-state index is -1.88. The highest BCUT2D eigenvalue weighted by Gasteiger charge is 2.55. The van der Waals surface area contributed by atoms with E-state index in [2.05, 4.69) is 0 Å². The predicted molar refractivity (Wildman–Crippen MR) is 141 cm³/mol. The van der Waals surface area contributed by atoms with Crippen molar-refractivity contribution in [1.82, 2.24) is 0 Å². The second kappa shape index (κ2) is 12.5. The Kier molecular flexibility index (Phi) is 9.40. The van der Waals surface area contributed by atoms with E-state index in [0.29, 0.717) is 29.4 Å². The minimum absolute atomic E-state index is 0.297. The summed E-state index contributed by atoms with van der Waals surface area (Å²) >= 11 is 6.70. The zero-order valence-corrected chi connectivity index (χ0v) is 22.0. The van der Waals surface area contributed by atoms with Crippen LogP contribution in [0.2, 0.25) is 5.02 Å². The number of ether oxygens (including phenoxy) is 4. The number of rotatable bonds is 10. The lowest BCUT2D eigenvalue weighted by Crippen LogP contribution is -2.64. The van der Waals surface area contributed by atoms with Crippen molar-refractivity contribution in [1.29, 1.82) is 0 Å². The van der Waals surface area contributed by atoms with Crippen LogP contribution < -0.4 is 4.74 Å². The molecule has 0 radical (unpaired) electrons. The van der Waals surface area contributed by atoms with Crippen molar-refractivity contribution >= 4 is 11.6 Å². The van der Waals surface area contributed by atoms with Crippen LogP contribution in [0.15, 0.2) is 72.8 Å². The number of methoxy groups -OCH3 is 1. The van der Waals surface area contributed by atoms with E-state index >= 15 is 0 Å². The van der Waals surface area contributed by atoms with Crippen molar-refractivity contribution in [3.05, 3.63) is 100 Å². The third kappa shape index (κ3) is 5.73. The molecule has 1 aliphatic rings. The summed E-state index contributed by atoms with van der Waals surface area (Å²) in [6.07, 6.45) is -6.61. The molecule has 204 valence electrons. The SMILES string of the molecule is CCOc1ccc(C(OCc2ccccc2)c2cc(C3(OC)O[C@H](CO)[C@@H](O)[C@H](O)[C@H]3O)ccc2Cl)cc1. The van der Waals surface area contributed by atoms with Gasteiger partial charge in [-0.2, -0.15) is 0 Å². The van der Waals surface area contributed by atoms with Crippen LogP contribution in [0.5, 0.6) is 5.75 Å². The van der Waals surface area contributed by atoms with Crippen molar-refractivity contribution in [3.8, 4) is 5.75 Å². The molecule has 3 aromatic carbocycles. The zero-order valence-electron chi connectivity index (χ0n) is 21.2. The highest BCUT2D eigenvalue weighted by atomic mass is 35.5. The van der Waals surface area contributed by atoms with Crippen LogP contribution in [-0.2, 0) is 26.6 Å². The van der Waals surface area contributed by atoms with E-state index in [0.717, 1.165) is 16.9 Å². The molecular weight excluding hydrogens is 512 g/mol. The molecule has 0 aromatic heterocycles. The van der Waals surface area contributed by atoms with Gasteiger partial charge in [0.05, 0.1) is 19.8 Å². The lowest BCUT2D eigenvalue weighted by atomic mass is 9.86. The molecule has 8 nitrogen and oxygen atoms in total. The first-order valence-electron chi connectivity index (χ1n) is 12.4. The van der Waals surface area contributed by atoms with Gasteiger partial charge in [-0.15, -0.1) is 0 Å². The monoisotopic (exact) mass is 544 g/mol. The van der Waals surface area contributed by atoms with Crippen LogP contribution in [0.4, 0.5) is 0 Å². The van der Waals surface area contributed by atoms with Gasteiger partial charge in [0, 0.05) is 23.3 Å². The molecular formula is C29H33ClO8. The van der Waals surface area contributed by atoms with Crippen molar-refractivity contribution in [2.24, 2.45) is 0 Å². The number of hydrogen-bond donors (Lipinski definition) is 4. The van der Waals surface area contributed by atoms with Gasteiger partial charge in [0.25, 0.3) is 0 Å². The summed E-state index contributed by atoms with van der Waals surface area (Å²) in [6.45, 7) is 2.16. The molecule has 0 aliphatic carbocycles. The molecule has 0 bridgehead atoms. The van der Waals surface area contributed by atoms with Crippen LogP contribution in [-0.4, -0.2) is 65.2 Å².